The summed E-state index contributed by atoms with van der Waals surface area (Å²) in [5.41, 5.74) is 1.37. The van der Waals surface area contributed by atoms with Crippen LogP contribution in [0.4, 0.5) is 5.69 Å². The topological polar surface area (TPSA) is 54.5 Å². The zero-order valence-electron chi connectivity index (χ0n) is 11.8. The van der Waals surface area contributed by atoms with Crippen LogP contribution in [0.15, 0.2) is 42.6 Å². The number of hydrogen-bond acceptors (Lipinski definition) is 4. The van der Waals surface area contributed by atoms with Crippen molar-refractivity contribution in [3.63, 3.8) is 0 Å². The third-order valence-electron chi connectivity index (χ3n) is 2.74. The Morgan fingerprint density at radius 2 is 1.85 bits per heavy atom. The Balaban J connectivity index is 2.16. The molecular formula is C15H17N3O2. The fourth-order valence-corrected chi connectivity index (χ4v) is 1.65. The van der Waals surface area contributed by atoms with Crippen LogP contribution in [0.2, 0.25) is 0 Å². The van der Waals surface area contributed by atoms with Gasteiger partial charge in [-0.3, -0.25) is 9.78 Å². The van der Waals surface area contributed by atoms with E-state index in [9.17, 15) is 4.79 Å². The van der Waals surface area contributed by atoms with E-state index in [0.29, 0.717) is 17.2 Å². The maximum atomic E-state index is 11.8. The van der Waals surface area contributed by atoms with Crippen molar-refractivity contribution in [1.82, 2.24) is 9.88 Å². The summed E-state index contributed by atoms with van der Waals surface area (Å²) in [7, 11) is 5.24. The lowest BCUT2D eigenvalue weighted by Gasteiger charge is -2.11. The third kappa shape index (κ3) is 3.26. The first-order valence-corrected chi connectivity index (χ1v) is 6.23. The standard InChI is InChI=1S/C15H17N3O2/c1-16-11-4-6-12(7-5-11)20-13-8-9-17-14(10-13)15(19)18(2)3/h4-10,16H,1-3H3. The van der Waals surface area contributed by atoms with Crippen molar-refractivity contribution < 1.29 is 9.53 Å². The quantitative estimate of drug-likeness (QED) is 0.928. The molecule has 0 fully saturated rings. The molecule has 0 aliphatic carbocycles. The number of benzene rings is 1. The number of ether oxygens (including phenoxy) is 1. The van der Waals surface area contributed by atoms with E-state index in [1.807, 2.05) is 31.3 Å². The summed E-state index contributed by atoms with van der Waals surface area (Å²) in [6, 6.07) is 10.9. The Morgan fingerprint density at radius 1 is 1.15 bits per heavy atom. The lowest BCUT2D eigenvalue weighted by Crippen LogP contribution is -2.22. The molecule has 1 aromatic heterocycles. The van der Waals surface area contributed by atoms with Gasteiger partial charge in [0.1, 0.15) is 17.2 Å². The van der Waals surface area contributed by atoms with E-state index in [4.69, 9.17) is 4.74 Å². The van der Waals surface area contributed by atoms with E-state index in [0.717, 1.165) is 5.69 Å². The predicted molar refractivity (Wildman–Crippen MR) is 78.3 cm³/mol. The van der Waals surface area contributed by atoms with Gasteiger partial charge < -0.3 is 15.0 Å². The number of carbonyl (C=O) groups is 1. The summed E-state index contributed by atoms with van der Waals surface area (Å²) in [5.74, 6) is 1.14. The number of anilines is 1. The van der Waals surface area contributed by atoms with Crippen LogP contribution in [0, 0.1) is 0 Å². The number of hydrogen-bond donors (Lipinski definition) is 1. The fourth-order valence-electron chi connectivity index (χ4n) is 1.65. The summed E-state index contributed by atoms with van der Waals surface area (Å²) in [5, 5.41) is 3.04. The van der Waals surface area contributed by atoms with Crippen molar-refractivity contribution in [2.75, 3.05) is 26.5 Å². The van der Waals surface area contributed by atoms with Crippen molar-refractivity contribution in [2.45, 2.75) is 0 Å². The van der Waals surface area contributed by atoms with Crippen molar-refractivity contribution in [1.29, 1.82) is 0 Å². The largest absolute Gasteiger partial charge is 0.457 e. The molecule has 0 spiro atoms. The van der Waals surface area contributed by atoms with Crippen LogP contribution < -0.4 is 10.1 Å². The molecule has 2 rings (SSSR count). The van der Waals surface area contributed by atoms with Gasteiger partial charge >= 0.3 is 0 Å². The minimum Gasteiger partial charge on any atom is -0.457 e. The molecule has 5 heteroatoms. The molecule has 2 aromatic rings. The summed E-state index contributed by atoms with van der Waals surface area (Å²) in [6.07, 6.45) is 1.56. The molecule has 0 bridgehead atoms. The number of nitrogens with one attached hydrogen (secondary N) is 1. The van der Waals surface area contributed by atoms with Crippen LogP contribution in [-0.2, 0) is 0 Å². The van der Waals surface area contributed by atoms with Crippen molar-refractivity contribution in [3.05, 3.63) is 48.3 Å². The Hall–Kier alpha value is -2.56. The minimum atomic E-state index is -0.152. The molecule has 1 aromatic carbocycles. The molecule has 0 radical (unpaired) electrons. The van der Waals surface area contributed by atoms with E-state index >= 15 is 0 Å². The first kappa shape index (κ1) is 13.9. The minimum absolute atomic E-state index is 0.152. The second-order valence-electron chi connectivity index (χ2n) is 4.45. The first-order chi connectivity index (χ1) is 9.60. The summed E-state index contributed by atoms with van der Waals surface area (Å²) >= 11 is 0. The number of nitrogens with zero attached hydrogens (tertiary/aromatic N) is 2. The van der Waals surface area contributed by atoms with E-state index in [1.54, 1.807) is 32.4 Å². The SMILES string of the molecule is CNc1ccc(Oc2ccnc(C(=O)N(C)C)c2)cc1. The van der Waals surface area contributed by atoms with Gasteiger partial charge in [-0.25, -0.2) is 0 Å². The smallest absolute Gasteiger partial charge is 0.272 e. The lowest BCUT2D eigenvalue weighted by molar-refractivity contribution is 0.0821. The van der Waals surface area contributed by atoms with Gasteiger partial charge in [-0.15, -0.1) is 0 Å². The highest BCUT2D eigenvalue weighted by atomic mass is 16.5. The van der Waals surface area contributed by atoms with Gasteiger partial charge in [0.2, 0.25) is 0 Å². The Labute approximate surface area is 118 Å². The molecule has 1 N–H and O–H groups in total. The fraction of sp³-hybridized carbons (Fsp3) is 0.200. The van der Waals surface area contributed by atoms with Crippen molar-refractivity contribution >= 4 is 11.6 Å². The van der Waals surface area contributed by atoms with Crippen LogP contribution in [0.1, 0.15) is 10.5 Å². The van der Waals surface area contributed by atoms with Gasteiger partial charge in [-0.1, -0.05) is 0 Å². The molecule has 0 aliphatic heterocycles. The molecule has 20 heavy (non-hydrogen) atoms. The van der Waals surface area contributed by atoms with Gasteiger partial charge in [0.05, 0.1) is 0 Å². The highest BCUT2D eigenvalue weighted by Gasteiger charge is 2.10. The first-order valence-electron chi connectivity index (χ1n) is 6.23. The van der Waals surface area contributed by atoms with Crippen LogP contribution in [0.3, 0.4) is 0 Å². The zero-order chi connectivity index (χ0) is 14.5. The Morgan fingerprint density at radius 3 is 2.45 bits per heavy atom. The number of aromatic nitrogens is 1. The molecule has 0 saturated heterocycles. The van der Waals surface area contributed by atoms with Crippen LogP contribution >= 0.6 is 0 Å². The molecule has 0 aliphatic rings. The molecular weight excluding hydrogens is 254 g/mol. The monoisotopic (exact) mass is 271 g/mol. The highest BCUT2D eigenvalue weighted by molar-refractivity contribution is 5.92. The zero-order valence-corrected chi connectivity index (χ0v) is 11.8. The van der Waals surface area contributed by atoms with E-state index in [1.165, 1.54) is 4.90 Å². The summed E-state index contributed by atoms with van der Waals surface area (Å²) in [6.45, 7) is 0. The van der Waals surface area contributed by atoms with Gasteiger partial charge in [0, 0.05) is 39.1 Å². The Bertz CT molecular complexity index is 594. The summed E-state index contributed by atoms with van der Waals surface area (Å²) in [4.78, 5) is 17.4. The van der Waals surface area contributed by atoms with Gasteiger partial charge in [0.25, 0.3) is 5.91 Å². The van der Waals surface area contributed by atoms with Gasteiger partial charge in [-0.2, -0.15) is 0 Å². The molecule has 5 nitrogen and oxygen atoms in total. The summed E-state index contributed by atoms with van der Waals surface area (Å²) < 4.78 is 5.71. The second kappa shape index (κ2) is 6.06. The molecule has 1 heterocycles. The lowest BCUT2D eigenvalue weighted by atomic mass is 10.3. The van der Waals surface area contributed by atoms with E-state index < -0.39 is 0 Å². The predicted octanol–water partition coefficient (Wildman–Crippen LogP) is 2.62. The normalized spacial score (nSPS) is 9.95. The highest BCUT2D eigenvalue weighted by Crippen LogP contribution is 2.23. The molecule has 0 unspecified atom stereocenters. The van der Waals surface area contributed by atoms with E-state index in [2.05, 4.69) is 10.3 Å². The molecule has 104 valence electrons. The van der Waals surface area contributed by atoms with Crippen LogP contribution in [0.5, 0.6) is 11.5 Å². The number of amides is 1. The second-order valence-corrected chi connectivity index (χ2v) is 4.45. The van der Waals surface area contributed by atoms with E-state index in [-0.39, 0.29) is 5.91 Å². The van der Waals surface area contributed by atoms with Crippen molar-refractivity contribution in [2.24, 2.45) is 0 Å². The molecule has 0 atom stereocenters. The average molecular weight is 271 g/mol. The number of pyridine rings is 1. The maximum absolute atomic E-state index is 11.8. The maximum Gasteiger partial charge on any atom is 0.272 e. The molecule has 1 amide bonds. The van der Waals surface area contributed by atoms with Crippen LogP contribution in [0.25, 0.3) is 0 Å². The van der Waals surface area contributed by atoms with Crippen LogP contribution in [-0.4, -0.2) is 36.9 Å². The Kier molecular flexibility index (Phi) is 4.20. The number of rotatable bonds is 4. The van der Waals surface area contributed by atoms with Crippen molar-refractivity contribution in [3.8, 4) is 11.5 Å². The molecule has 0 saturated carbocycles. The average Bonchev–Trinajstić information content (AvgIpc) is 2.47. The van der Waals surface area contributed by atoms with Gasteiger partial charge in [0.15, 0.2) is 0 Å². The number of carbonyl (C=O) groups excluding carboxylic acids is 1. The third-order valence-corrected chi connectivity index (χ3v) is 2.74. The van der Waals surface area contributed by atoms with Gasteiger partial charge in [-0.05, 0) is 30.3 Å².